The van der Waals surface area contributed by atoms with Gasteiger partial charge in [-0.3, -0.25) is 14.4 Å². The molecule has 0 unspecified atom stereocenters. The quantitative estimate of drug-likeness (QED) is 0.755. The Morgan fingerprint density at radius 3 is 2.53 bits per heavy atom. The Kier molecular flexibility index (Phi) is 6.83. The van der Waals surface area contributed by atoms with E-state index >= 15 is 0 Å². The summed E-state index contributed by atoms with van der Waals surface area (Å²) in [5.41, 5.74) is 1.92. The molecule has 4 rings (SSSR count). The maximum Gasteiger partial charge on any atom is 0.253 e. The second kappa shape index (κ2) is 9.94. The van der Waals surface area contributed by atoms with Gasteiger partial charge >= 0.3 is 0 Å². The zero-order chi connectivity index (χ0) is 22.5. The van der Waals surface area contributed by atoms with Crippen LogP contribution in [0.3, 0.4) is 0 Å². The van der Waals surface area contributed by atoms with Crippen LogP contribution in [0.1, 0.15) is 41.6 Å². The Hall–Kier alpha value is -3.22. The summed E-state index contributed by atoms with van der Waals surface area (Å²) in [6.45, 7) is 2.10. The molecular formula is C25H28FN3O3. The Balaban J connectivity index is 1.27. The van der Waals surface area contributed by atoms with Crippen molar-refractivity contribution in [1.82, 2.24) is 10.2 Å². The lowest BCUT2D eigenvalue weighted by Crippen LogP contribution is -2.43. The minimum absolute atomic E-state index is 0.0389. The van der Waals surface area contributed by atoms with Crippen molar-refractivity contribution in [2.24, 2.45) is 5.92 Å². The molecule has 2 aromatic rings. The van der Waals surface area contributed by atoms with Crippen molar-refractivity contribution in [2.45, 2.75) is 32.1 Å². The third-order valence-corrected chi connectivity index (χ3v) is 6.28. The van der Waals surface area contributed by atoms with Crippen LogP contribution in [0.5, 0.6) is 0 Å². The van der Waals surface area contributed by atoms with Gasteiger partial charge in [0.2, 0.25) is 11.8 Å². The Bertz CT molecular complexity index is 1000. The van der Waals surface area contributed by atoms with E-state index in [1.165, 1.54) is 6.07 Å². The fourth-order valence-corrected chi connectivity index (χ4v) is 4.42. The lowest BCUT2D eigenvalue weighted by molar-refractivity contribution is -0.126. The van der Waals surface area contributed by atoms with E-state index in [4.69, 9.17) is 0 Å². The van der Waals surface area contributed by atoms with Gasteiger partial charge in [-0.05, 0) is 55.5 Å². The van der Waals surface area contributed by atoms with Gasteiger partial charge in [0.15, 0.2) is 0 Å². The van der Waals surface area contributed by atoms with Gasteiger partial charge < -0.3 is 15.1 Å². The fraction of sp³-hybridized carbons (Fsp3) is 0.400. The van der Waals surface area contributed by atoms with Gasteiger partial charge in [-0.15, -0.1) is 0 Å². The third-order valence-electron chi connectivity index (χ3n) is 6.28. The Morgan fingerprint density at radius 1 is 1.03 bits per heavy atom. The lowest BCUT2D eigenvalue weighted by atomic mass is 9.95. The number of hydrogen-bond donors (Lipinski definition) is 1. The molecule has 0 saturated carbocycles. The second-order valence-electron chi connectivity index (χ2n) is 8.40. The average Bonchev–Trinajstić information content (AvgIpc) is 3.26. The van der Waals surface area contributed by atoms with E-state index < -0.39 is 0 Å². The van der Waals surface area contributed by atoms with Crippen molar-refractivity contribution in [3.63, 3.8) is 0 Å². The normalized spacial score (nSPS) is 17.0. The number of anilines is 1. The number of piperidine rings is 1. The Labute approximate surface area is 187 Å². The number of halogens is 1. The maximum atomic E-state index is 13.7. The molecule has 0 radical (unpaired) electrons. The van der Waals surface area contributed by atoms with E-state index in [1.807, 2.05) is 12.1 Å². The van der Waals surface area contributed by atoms with Crippen molar-refractivity contribution >= 4 is 23.4 Å². The summed E-state index contributed by atoms with van der Waals surface area (Å²) in [6, 6.07) is 13.8. The molecule has 2 heterocycles. The summed E-state index contributed by atoms with van der Waals surface area (Å²) < 4.78 is 13.7. The van der Waals surface area contributed by atoms with Crippen molar-refractivity contribution < 1.29 is 18.8 Å². The molecule has 2 fully saturated rings. The topological polar surface area (TPSA) is 69.7 Å². The van der Waals surface area contributed by atoms with Crippen LogP contribution in [0.2, 0.25) is 0 Å². The molecule has 2 saturated heterocycles. The molecule has 0 spiro atoms. The van der Waals surface area contributed by atoms with Crippen molar-refractivity contribution in [3.05, 3.63) is 65.5 Å². The van der Waals surface area contributed by atoms with Crippen LogP contribution in [-0.2, 0) is 16.0 Å². The van der Waals surface area contributed by atoms with Crippen molar-refractivity contribution in [1.29, 1.82) is 0 Å². The molecule has 0 aromatic heterocycles. The smallest absolute Gasteiger partial charge is 0.253 e. The molecule has 0 atom stereocenters. The van der Waals surface area contributed by atoms with E-state index in [0.717, 1.165) is 12.1 Å². The second-order valence-corrected chi connectivity index (χ2v) is 8.40. The predicted molar refractivity (Wildman–Crippen MR) is 120 cm³/mol. The highest BCUT2D eigenvalue weighted by Gasteiger charge is 2.28. The van der Waals surface area contributed by atoms with Crippen LogP contribution < -0.4 is 10.2 Å². The van der Waals surface area contributed by atoms with Gasteiger partial charge in [0.1, 0.15) is 5.82 Å². The summed E-state index contributed by atoms with van der Waals surface area (Å²) >= 11 is 0. The summed E-state index contributed by atoms with van der Waals surface area (Å²) in [5.74, 6) is -0.420. The number of rotatable bonds is 6. The minimum atomic E-state index is -0.258. The average molecular weight is 438 g/mol. The highest BCUT2D eigenvalue weighted by atomic mass is 19.1. The first-order valence-corrected chi connectivity index (χ1v) is 11.2. The summed E-state index contributed by atoms with van der Waals surface area (Å²) in [5, 5.41) is 2.90. The van der Waals surface area contributed by atoms with Gasteiger partial charge in [0.25, 0.3) is 5.91 Å². The van der Waals surface area contributed by atoms with E-state index in [9.17, 15) is 18.8 Å². The monoisotopic (exact) mass is 437 g/mol. The van der Waals surface area contributed by atoms with E-state index in [-0.39, 0.29) is 29.5 Å². The van der Waals surface area contributed by atoms with Crippen LogP contribution >= 0.6 is 0 Å². The van der Waals surface area contributed by atoms with Gasteiger partial charge in [0.05, 0.1) is 0 Å². The number of carbonyl (C=O) groups is 3. The van der Waals surface area contributed by atoms with Crippen LogP contribution in [0.15, 0.2) is 48.5 Å². The molecule has 32 heavy (non-hydrogen) atoms. The molecule has 168 valence electrons. The van der Waals surface area contributed by atoms with E-state index in [1.54, 1.807) is 40.1 Å². The minimum Gasteiger partial charge on any atom is -0.356 e. The first-order valence-electron chi connectivity index (χ1n) is 11.2. The van der Waals surface area contributed by atoms with Gasteiger partial charge in [-0.1, -0.05) is 24.3 Å². The van der Waals surface area contributed by atoms with Crippen LogP contribution in [0, 0.1) is 11.7 Å². The zero-order valence-electron chi connectivity index (χ0n) is 18.1. The number of carbonyl (C=O) groups excluding carboxylic acids is 3. The maximum absolute atomic E-state index is 13.7. The van der Waals surface area contributed by atoms with Gasteiger partial charge in [0, 0.05) is 49.8 Å². The van der Waals surface area contributed by atoms with Gasteiger partial charge in [-0.2, -0.15) is 0 Å². The van der Waals surface area contributed by atoms with Crippen LogP contribution in [0.25, 0.3) is 0 Å². The van der Waals surface area contributed by atoms with Crippen LogP contribution in [0.4, 0.5) is 10.1 Å². The number of hydrogen-bond acceptors (Lipinski definition) is 3. The van der Waals surface area contributed by atoms with Crippen LogP contribution in [-0.4, -0.2) is 48.8 Å². The first-order chi connectivity index (χ1) is 15.5. The third kappa shape index (κ3) is 4.98. The molecular weight excluding hydrogens is 409 g/mol. The molecule has 7 heteroatoms. The highest BCUT2D eigenvalue weighted by molar-refractivity contribution is 5.99. The molecule has 2 aliphatic heterocycles. The summed E-state index contributed by atoms with van der Waals surface area (Å²) in [4.78, 5) is 41.0. The number of benzene rings is 2. The zero-order valence-corrected chi connectivity index (χ0v) is 18.1. The molecule has 0 aliphatic carbocycles. The Morgan fingerprint density at radius 2 is 1.81 bits per heavy atom. The molecule has 0 bridgehead atoms. The molecule has 6 nitrogen and oxygen atoms in total. The predicted octanol–water partition coefficient (Wildman–Crippen LogP) is 3.16. The summed E-state index contributed by atoms with van der Waals surface area (Å²) in [6.07, 6.45) is 3.04. The number of nitrogens with one attached hydrogen (secondary N) is 1. The molecule has 2 aliphatic rings. The largest absolute Gasteiger partial charge is 0.356 e. The highest BCUT2D eigenvalue weighted by Crippen LogP contribution is 2.24. The SMILES string of the molecule is O=C(NCCc1ccccc1F)C1CCN(C(=O)c2cccc(N3CCCC3=O)c2)CC1. The number of amides is 3. The van der Waals surface area contributed by atoms with E-state index in [2.05, 4.69) is 5.32 Å². The van der Waals surface area contributed by atoms with E-state index in [0.29, 0.717) is 63.0 Å². The fourth-order valence-electron chi connectivity index (χ4n) is 4.42. The number of nitrogens with zero attached hydrogens (tertiary/aromatic N) is 2. The van der Waals surface area contributed by atoms with Crippen molar-refractivity contribution in [2.75, 3.05) is 31.1 Å². The van der Waals surface area contributed by atoms with Gasteiger partial charge in [-0.25, -0.2) is 4.39 Å². The molecule has 2 aromatic carbocycles. The lowest BCUT2D eigenvalue weighted by Gasteiger charge is -2.31. The molecule has 3 amide bonds. The first kappa shape index (κ1) is 22.0. The van der Waals surface area contributed by atoms with Crippen molar-refractivity contribution in [3.8, 4) is 0 Å². The summed E-state index contributed by atoms with van der Waals surface area (Å²) in [7, 11) is 0. The standard InChI is InChI=1S/C25H28FN3O3/c26-22-8-2-1-5-18(22)10-13-27-24(31)19-11-15-28(16-12-19)25(32)20-6-3-7-21(17-20)29-14-4-9-23(29)30/h1-3,5-8,17,19H,4,9-16H2,(H,27,31). The molecule has 1 N–H and O–H groups in total. The number of likely N-dealkylation sites (tertiary alicyclic amines) is 1.